The predicted molar refractivity (Wildman–Crippen MR) is 93.7 cm³/mol. The molecule has 0 radical (unpaired) electrons. The zero-order valence-electron chi connectivity index (χ0n) is 14.2. The molecule has 0 fully saturated rings. The number of halogens is 1. The van der Waals surface area contributed by atoms with Crippen LogP contribution in [-0.2, 0) is 10.2 Å². The van der Waals surface area contributed by atoms with Crippen molar-refractivity contribution in [3.8, 4) is 11.1 Å². The summed E-state index contributed by atoms with van der Waals surface area (Å²) >= 11 is 0. The van der Waals surface area contributed by atoms with Gasteiger partial charge < -0.3 is 9.72 Å². The number of esters is 1. The summed E-state index contributed by atoms with van der Waals surface area (Å²) in [5.74, 6) is -0.797. The molecule has 124 valence electrons. The second-order valence-electron chi connectivity index (χ2n) is 6.92. The van der Waals surface area contributed by atoms with E-state index in [1.165, 1.54) is 13.2 Å². The number of hydrogen-bond acceptors (Lipinski definition) is 2. The number of nitrogens with one attached hydrogen (secondary N) is 1. The van der Waals surface area contributed by atoms with Gasteiger partial charge in [0, 0.05) is 16.5 Å². The first-order valence-electron chi connectivity index (χ1n) is 7.81. The zero-order chi connectivity index (χ0) is 17.5. The van der Waals surface area contributed by atoms with E-state index in [9.17, 15) is 9.18 Å². The van der Waals surface area contributed by atoms with Gasteiger partial charge in [0.05, 0.1) is 7.11 Å². The predicted octanol–water partition coefficient (Wildman–Crippen LogP) is 5.06. The van der Waals surface area contributed by atoms with Gasteiger partial charge in [-0.05, 0) is 34.7 Å². The Morgan fingerprint density at radius 3 is 2.54 bits per heavy atom. The minimum absolute atomic E-state index is 0.0112. The molecule has 0 saturated heterocycles. The third kappa shape index (κ3) is 2.92. The highest BCUT2D eigenvalue weighted by Crippen LogP contribution is 2.31. The van der Waals surface area contributed by atoms with Crippen LogP contribution in [0.15, 0.2) is 42.5 Å². The van der Waals surface area contributed by atoms with E-state index >= 15 is 0 Å². The molecule has 4 heteroatoms. The molecular weight excluding hydrogens is 305 g/mol. The zero-order valence-corrected chi connectivity index (χ0v) is 14.2. The van der Waals surface area contributed by atoms with Gasteiger partial charge in [-0.15, -0.1) is 0 Å². The van der Waals surface area contributed by atoms with Gasteiger partial charge in [-0.2, -0.15) is 0 Å². The quantitative estimate of drug-likeness (QED) is 0.669. The molecule has 3 aromatic rings. The third-order valence-corrected chi connectivity index (χ3v) is 4.15. The Balaban J connectivity index is 2.13. The van der Waals surface area contributed by atoms with Gasteiger partial charge in [0.15, 0.2) is 0 Å². The van der Waals surface area contributed by atoms with Crippen LogP contribution in [0.25, 0.3) is 22.0 Å². The molecular formula is C20H20FNO2. The van der Waals surface area contributed by atoms with Gasteiger partial charge in [0.2, 0.25) is 0 Å². The van der Waals surface area contributed by atoms with Crippen molar-refractivity contribution in [3.63, 3.8) is 0 Å². The van der Waals surface area contributed by atoms with Gasteiger partial charge in [-0.1, -0.05) is 45.0 Å². The fraction of sp³-hybridized carbons (Fsp3) is 0.250. The Hall–Kier alpha value is -2.62. The fourth-order valence-corrected chi connectivity index (χ4v) is 2.75. The molecule has 0 bridgehead atoms. The lowest BCUT2D eigenvalue weighted by atomic mass is 9.85. The van der Waals surface area contributed by atoms with Crippen LogP contribution in [0.4, 0.5) is 4.39 Å². The number of benzene rings is 2. The van der Waals surface area contributed by atoms with Crippen LogP contribution >= 0.6 is 0 Å². The maximum absolute atomic E-state index is 14.6. The number of aromatic amines is 1. The first-order chi connectivity index (χ1) is 11.3. The molecule has 1 N–H and O–H groups in total. The average Bonchev–Trinajstić information content (AvgIpc) is 2.95. The third-order valence-electron chi connectivity index (χ3n) is 4.15. The molecule has 0 unspecified atom stereocenters. The Labute approximate surface area is 140 Å². The van der Waals surface area contributed by atoms with E-state index in [1.54, 1.807) is 12.1 Å². The normalized spacial score (nSPS) is 11.7. The van der Waals surface area contributed by atoms with Crippen molar-refractivity contribution in [2.75, 3.05) is 7.11 Å². The molecule has 0 spiro atoms. The van der Waals surface area contributed by atoms with Gasteiger partial charge >= 0.3 is 5.97 Å². The van der Waals surface area contributed by atoms with Gasteiger partial charge in [0.1, 0.15) is 11.5 Å². The molecule has 1 heterocycles. The van der Waals surface area contributed by atoms with E-state index in [0.717, 1.165) is 16.5 Å². The van der Waals surface area contributed by atoms with E-state index in [-0.39, 0.29) is 11.2 Å². The molecule has 0 saturated carbocycles. The first kappa shape index (κ1) is 16.2. The topological polar surface area (TPSA) is 42.1 Å². The smallest absolute Gasteiger partial charge is 0.354 e. The van der Waals surface area contributed by atoms with E-state index in [4.69, 9.17) is 4.74 Å². The number of carbonyl (C=O) groups is 1. The SMILES string of the molecule is COC(=O)c1cc2cc(-c3cccc(C(C)(C)C)c3)c(F)cc2[nH]1. The molecule has 0 aliphatic carbocycles. The minimum Gasteiger partial charge on any atom is -0.464 e. The van der Waals surface area contributed by atoms with Crippen LogP contribution in [0.2, 0.25) is 0 Å². The number of aromatic nitrogens is 1. The van der Waals surface area contributed by atoms with Gasteiger partial charge in [-0.25, -0.2) is 9.18 Å². The molecule has 0 aliphatic rings. The van der Waals surface area contributed by atoms with Gasteiger partial charge in [0.25, 0.3) is 0 Å². The number of methoxy groups -OCH3 is 1. The average molecular weight is 325 g/mol. The van der Waals surface area contributed by atoms with Crippen molar-refractivity contribution in [2.24, 2.45) is 0 Å². The van der Waals surface area contributed by atoms with Crippen molar-refractivity contribution in [3.05, 3.63) is 59.5 Å². The lowest BCUT2D eigenvalue weighted by molar-refractivity contribution is 0.0595. The van der Waals surface area contributed by atoms with Crippen LogP contribution in [0.5, 0.6) is 0 Å². The molecule has 0 amide bonds. The number of carbonyl (C=O) groups excluding carboxylic acids is 1. The molecule has 3 rings (SSSR count). The van der Waals surface area contributed by atoms with Crippen molar-refractivity contribution < 1.29 is 13.9 Å². The number of hydrogen-bond donors (Lipinski definition) is 1. The number of H-pyrrole nitrogens is 1. The van der Waals surface area contributed by atoms with Crippen LogP contribution in [-0.4, -0.2) is 18.1 Å². The molecule has 24 heavy (non-hydrogen) atoms. The number of ether oxygens (including phenoxy) is 1. The summed E-state index contributed by atoms with van der Waals surface area (Å²) in [6.07, 6.45) is 0. The summed E-state index contributed by atoms with van der Waals surface area (Å²) in [6.45, 7) is 6.38. The summed E-state index contributed by atoms with van der Waals surface area (Å²) < 4.78 is 19.3. The highest BCUT2D eigenvalue weighted by atomic mass is 19.1. The van der Waals surface area contributed by atoms with E-state index < -0.39 is 5.97 Å². The Morgan fingerprint density at radius 2 is 1.88 bits per heavy atom. The highest BCUT2D eigenvalue weighted by molar-refractivity contribution is 5.96. The molecule has 0 atom stereocenters. The van der Waals surface area contributed by atoms with E-state index in [0.29, 0.717) is 16.8 Å². The second kappa shape index (κ2) is 5.78. The molecule has 3 nitrogen and oxygen atoms in total. The van der Waals surface area contributed by atoms with Crippen LogP contribution in [0.3, 0.4) is 0 Å². The largest absolute Gasteiger partial charge is 0.464 e. The van der Waals surface area contributed by atoms with E-state index in [1.807, 2.05) is 24.3 Å². The Kier molecular flexibility index (Phi) is 3.91. The van der Waals surface area contributed by atoms with Crippen LogP contribution < -0.4 is 0 Å². The van der Waals surface area contributed by atoms with Crippen LogP contribution in [0, 0.1) is 5.82 Å². The molecule has 1 aromatic heterocycles. The molecule has 2 aromatic carbocycles. The fourth-order valence-electron chi connectivity index (χ4n) is 2.75. The Bertz CT molecular complexity index is 919. The van der Waals surface area contributed by atoms with Crippen molar-refractivity contribution in [1.82, 2.24) is 4.98 Å². The summed E-state index contributed by atoms with van der Waals surface area (Å²) in [7, 11) is 1.32. The Morgan fingerprint density at radius 1 is 1.12 bits per heavy atom. The molecule has 0 aliphatic heterocycles. The van der Waals surface area contributed by atoms with E-state index in [2.05, 4.69) is 25.8 Å². The summed E-state index contributed by atoms with van der Waals surface area (Å²) in [6, 6.07) is 12.8. The maximum atomic E-state index is 14.6. The summed E-state index contributed by atoms with van der Waals surface area (Å²) in [5.41, 5.74) is 3.36. The number of fused-ring (bicyclic) bond motifs is 1. The van der Waals surface area contributed by atoms with Crippen LogP contribution in [0.1, 0.15) is 36.8 Å². The van der Waals surface area contributed by atoms with Crippen molar-refractivity contribution in [2.45, 2.75) is 26.2 Å². The van der Waals surface area contributed by atoms with Crippen molar-refractivity contribution in [1.29, 1.82) is 0 Å². The summed E-state index contributed by atoms with van der Waals surface area (Å²) in [4.78, 5) is 14.5. The second-order valence-corrected chi connectivity index (χ2v) is 6.92. The monoisotopic (exact) mass is 325 g/mol. The highest BCUT2D eigenvalue weighted by Gasteiger charge is 2.16. The first-order valence-corrected chi connectivity index (χ1v) is 7.81. The van der Waals surface area contributed by atoms with Gasteiger partial charge in [-0.3, -0.25) is 0 Å². The lowest BCUT2D eigenvalue weighted by Crippen LogP contribution is -2.10. The number of rotatable bonds is 2. The minimum atomic E-state index is -0.470. The lowest BCUT2D eigenvalue weighted by Gasteiger charge is -2.20. The summed E-state index contributed by atoms with van der Waals surface area (Å²) in [5, 5.41) is 0.771. The van der Waals surface area contributed by atoms with Crippen molar-refractivity contribution >= 4 is 16.9 Å². The maximum Gasteiger partial charge on any atom is 0.354 e. The standard InChI is InChI=1S/C20H20FNO2/c1-20(2,3)14-7-5-6-12(8-14)15-9-13-10-18(19(23)24-4)22-17(13)11-16(15)21/h5-11,22H,1-4H3.